The van der Waals surface area contributed by atoms with Crippen molar-refractivity contribution in [2.75, 3.05) is 18.5 Å². The molecule has 0 unspecified atom stereocenters. The van der Waals surface area contributed by atoms with Crippen molar-refractivity contribution in [2.45, 2.75) is 13.5 Å². The van der Waals surface area contributed by atoms with Crippen LogP contribution in [0.25, 0.3) is 0 Å². The quantitative estimate of drug-likeness (QED) is 0.739. The highest BCUT2D eigenvalue weighted by Gasteiger charge is 2.02. The van der Waals surface area contributed by atoms with Gasteiger partial charge >= 0.3 is 0 Å². The molecule has 0 aliphatic rings. The van der Waals surface area contributed by atoms with Crippen LogP contribution in [0, 0.1) is 0 Å². The first-order valence-corrected chi connectivity index (χ1v) is 4.45. The number of nitrogens with zero attached hydrogens (tertiary/aromatic N) is 2. The van der Waals surface area contributed by atoms with Crippen molar-refractivity contribution in [3.63, 3.8) is 0 Å². The van der Waals surface area contributed by atoms with E-state index in [1.807, 2.05) is 13.2 Å². The molecular formula is C7H13N3S. The molecule has 0 bridgehead atoms. The molecule has 0 aliphatic carbocycles. The Morgan fingerprint density at radius 2 is 2.45 bits per heavy atom. The minimum Gasteiger partial charge on any atom is -0.351 e. The molecule has 3 nitrogen and oxygen atoms in total. The number of hydrogen-bond donors (Lipinski definition) is 1. The summed E-state index contributed by atoms with van der Waals surface area (Å²) >= 11 is 1.66. The lowest BCUT2D eigenvalue weighted by atomic mass is 10.6. The van der Waals surface area contributed by atoms with E-state index in [0.717, 1.165) is 16.6 Å². The van der Waals surface area contributed by atoms with Crippen molar-refractivity contribution < 1.29 is 0 Å². The van der Waals surface area contributed by atoms with E-state index in [2.05, 4.69) is 16.8 Å². The molecule has 0 radical (unpaired) electrons. The van der Waals surface area contributed by atoms with E-state index in [4.69, 9.17) is 5.73 Å². The molecule has 0 aromatic carbocycles. The maximum absolute atomic E-state index is 5.46. The van der Waals surface area contributed by atoms with Gasteiger partial charge in [0.1, 0.15) is 0 Å². The van der Waals surface area contributed by atoms with Crippen LogP contribution in [0.2, 0.25) is 0 Å². The molecule has 1 aromatic heterocycles. The predicted molar refractivity (Wildman–Crippen MR) is 48.9 cm³/mol. The van der Waals surface area contributed by atoms with Crippen molar-refractivity contribution in [1.29, 1.82) is 0 Å². The largest absolute Gasteiger partial charge is 0.351 e. The molecule has 4 heteroatoms. The summed E-state index contributed by atoms with van der Waals surface area (Å²) in [6.07, 6.45) is 1.84. The molecule has 0 atom stereocenters. The van der Waals surface area contributed by atoms with Crippen molar-refractivity contribution in [3.8, 4) is 0 Å². The van der Waals surface area contributed by atoms with Gasteiger partial charge in [-0.1, -0.05) is 0 Å². The topological polar surface area (TPSA) is 42.2 Å². The normalized spacial score (nSPS) is 10.1. The number of aromatic nitrogens is 1. The fourth-order valence-corrected chi connectivity index (χ4v) is 1.52. The number of thiazole rings is 1. The van der Waals surface area contributed by atoms with Crippen LogP contribution >= 0.6 is 11.3 Å². The van der Waals surface area contributed by atoms with Crippen LogP contribution in [0.4, 0.5) is 5.13 Å². The zero-order valence-corrected chi connectivity index (χ0v) is 7.69. The van der Waals surface area contributed by atoms with Crippen LogP contribution < -0.4 is 10.6 Å². The molecule has 0 fully saturated rings. The van der Waals surface area contributed by atoms with Gasteiger partial charge in [0.2, 0.25) is 0 Å². The first kappa shape index (κ1) is 8.49. The highest BCUT2D eigenvalue weighted by atomic mass is 32.1. The lowest BCUT2D eigenvalue weighted by Crippen LogP contribution is -2.14. The predicted octanol–water partition coefficient (Wildman–Crippen LogP) is 1.06. The summed E-state index contributed by atoms with van der Waals surface area (Å²) < 4.78 is 0. The third-order valence-electron chi connectivity index (χ3n) is 1.54. The molecule has 0 saturated carbocycles. The summed E-state index contributed by atoms with van der Waals surface area (Å²) in [5.74, 6) is 0. The minimum absolute atomic E-state index is 0.592. The lowest BCUT2D eigenvalue weighted by molar-refractivity contribution is 0.957. The smallest absolute Gasteiger partial charge is 0.185 e. The lowest BCUT2D eigenvalue weighted by Gasteiger charge is -2.10. The summed E-state index contributed by atoms with van der Waals surface area (Å²) in [5.41, 5.74) is 5.46. The zero-order valence-electron chi connectivity index (χ0n) is 6.87. The van der Waals surface area contributed by atoms with Crippen LogP contribution in [0.3, 0.4) is 0 Å². The van der Waals surface area contributed by atoms with Gasteiger partial charge < -0.3 is 10.6 Å². The van der Waals surface area contributed by atoms with Crippen LogP contribution in [-0.4, -0.2) is 18.6 Å². The van der Waals surface area contributed by atoms with E-state index in [-0.39, 0.29) is 0 Å². The Hall–Kier alpha value is -0.610. The van der Waals surface area contributed by atoms with E-state index < -0.39 is 0 Å². The van der Waals surface area contributed by atoms with Gasteiger partial charge in [0.15, 0.2) is 5.13 Å². The molecule has 1 rings (SSSR count). The van der Waals surface area contributed by atoms with Crippen molar-refractivity contribution in [1.82, 2.24) is 4.98 Å². The van der Waals surface area contributed by atoms with E-state index in [0.29, 0.717) is 6.54 Å². The fourth-order valence-electron chi connectivity index (χ4n) is 0.703. The summed E-state index contributed by atoms with van der Waals surface area (Å²) in [6, 6.07) is 0. The molecule has 62 valence electrons. The van der Waals surface area contributed by atoms with Gasteiger partial charge in [-0.2, -0.15) is 0 Å². The van der Waals surface area contributed by atoms with Gasteiger partial charge in [0, 0.05) is 31.2 Å². The second kappa shape index (κ2) is 3.69. The number of nitrogens with two attached hydrogens (primary N) is 1. The van der Waals surface area contributed by atoms with Gasteiger partial charge in [-0.05, 0) is 6.92 Å². The Labute approximate surface area is 70.9 Å². The zero-order chi connectivity index (χ0) is 8.27. The number of anilines is 1. The van der Waals surface area contributed by atoms with Crippen LogP contribution in [0.5, 0.6) is 0 Å². The summed E-state index contributed by atoms with van der Waals surface area (Å²) in [7, 11) is 2.03. The van der Waals surface area contributed by atoms with E-state index in [1.54, 1.807) is 11.3 Å². The maximum Gasteiger partial charge on any atom is 0.185 e. The Balaban J connectivity index is 2.71. The third-order valence-corrected chi connectivity index (χ3v) is 2.68. The Kier molecular flexibility index (Phi) is 2.84. The maximum atomic E-state index is 5.46. The van der Waals surface area contributed by atoms with Crippen LogP contribution in [0.15, 0.2) is 6.20 Å². The number of rotatable bonds is 3. The Morgan fingerprint density at radius 3 is 2.91 bits per heavy atom. The second-order valence-corrected chi connectivity index (χ2v) is 3.42. The molecule has 0 saturated heterocycles. The van der Waals surface area contributed by atoms with E-state index in [1.165, 1.54) is 0 Å². The van der Waals surface area contributed by atoms with Gasteiger partial charge in [-0.25, -0.2) is 4.98 Å². The average molecular weight is 171 g/mol. The van der Waals surface area contributed by atoms with Gasteiger partial charge in [-0.3, -0.25) is 0 Å². The summed E-state index contributed by atoms with van der Waals surface area (Å²) in [5, 5.41) is 1.05. The fraction of sp³-hybridized carbons (Fsp3) is 0.571. The highest BCUT2D eigenvalue weighted by Crippen LogP contribution is 2.20. The molecule has 11 heavy (non-hydrogen) atoms. The van der Waals surface area contributed by atoms with Crippen LogP contribution in [0.1, 0.15) is 11.8 Å². The average Bonchev–Trinajstić information content (AvgIpc) is 2.50. The minimum atomic E-state index is 0.592. The Bertz CT molecular complexity index is 221. The molecule has 1 heterocycles. The molecule has 0 aliphatic heterocycles. The first-order valence-electron chi connectivity index (χ1n) is 3.63. The summed E-state index contributed by atoms with van der Waals surface area (Å²) in [4.78, 5) is 7.46. The second-order valence-electron chi connectivity index (χ2n) is 2.33. The molecule has 2 N–H and O–H groups in total. The van der Waals surface area contributed by atoms with Gasteiger partial charge in [-0.15, -0.1) is 11.3 Å². The Morgan fingerprint density at radius 1 is 1.73 bits per heavy atom. The molecular weight excluding hydrogens is 158 g/mol. The van der Waals surface area contributed by atoms with Crippen molar-refractivity contribution >= 4 is 16.5 Å². The van der Waals surface area contributed by atoms with E-state index >= 15 is 0 Å². The standard InChI is InChI=1S/C7H13N3S/c1-3-10(2)7-9-5-6(4-8)11-7/h5H,3-4,8H2,1-2H3. The highest BCUT2D eigenvalue weighted by molar-refractivity contribution is 7.15. The summed E-state index contributed by atoms with van der Waals surface area (Å²) in [6.45, 7) is 3.68. The first-order chi connectivity index (χ1) is 5.27. The monoisotopic (exact) mass is 171 g/mol. The molecule has 0 spiro atoms. The molecule has 0 amide bonds. The van der Waals surface area contributed by atoms with Gasteiger partial charge in [0.05, 0.1) is 0 Å². The van der Waals surface area contributed by atoms with Crippen molar-refractivity contribution in [2.24, 2.45) is 5.73 Å². The molecule has 1 aromatic rings. The van der Waals surface area contributed by atoms with Gasteiger partial charge in [0.25, 0.3) is 0 Å². The SMILES string of the molecule is CCN(C)c1ncc(CN)s1. The van der Waals surface area contributed by atoms with Crippen molar-refractivity contribution in [3.05, 3.63) is 11.1 Å². The number of hydrogen-bond acceptors (Lipinski definition) is 4. The third kappa shape index (κ3) is 1.91. The van der Waals surface area contributed by atoms with E-state index in [9.17, 15) is 0 Å². The van der Waals surface area contributed by atoms with Crippen LogP contribution in [-0.2, 0) is 6.54 Å².